The smallest absolute Gasteiger partial charge is 0.211 e. The molecule has 0 radical (unpaired) electrons. The van der Waals surface area contributed by atoms with Gasteiger partial charge in [-0.05, 0) is 18.8 Å². The average Bonchev–Trinajstić information content (AvgIpc) is 2.17. The Kier molecular flexibility index (Phi) is 4.12. The Morgan fingerprint density at radius 1 is 1.40 bits per heavy atom. The molecule has 0 heterocycles. The van der Waals surface area contributed by atoms with E-state index < -0.39 is 15.8 Å². The van der Waals surface area contributed by atoms with Crippen molar-refractivity contribution in [2.45, 2.75) is 38.6 Å². The second-order valence-corrected chi connectivity index (χ2v) is 6.29. The Balaban J connectivity index is 2.75. The minimum atomic E-state index is -3.37. The van der Waals surface area contributed by atoms with E-state index in [0.29, 0.717) is 5.92 Å². The molecule has 1 fully saturated rings. The summed E-state index contributed by atoms with van der Waals surface area (Å²) in [6, 6.07) is 1.79. The van der Waals surface area contributed by atoms with Gasteiger partial charge in [-0.15, -0.1) is 0 Å². The van der Waals surface area contributed by atoms with Gasteiger partial charge >= 0.3 is 0 Å². The van der Waals surface area contributed by atoms with Gasteiger partial charge in [-0.2, -0.15) is 5.26 Å². The summed E-state index contributed by atoms with van der Waals surface area (Å²) in [4.78, 5) is 0. The van der Waals surface area contributed by atoms with Crippen LogP contribution in [0, 0.1) is 17.2 Å². The molecule has 0 N–H and O–H groups in total. The molecule has 1 rings (SSSR count). The number of hydrogen-bond acceptors (Lipinski definition) is 3. The Morgan fingerprint density at radius 3 is 2.53 bits per heavy atom. The van der Waals surface area contributed by atoms with E-state index >= 15 is 0 Å². The molecule has 15 heavy (non-hydrogen) atoms. The first-order chi connectivity index (χ1) is 6.99. The zero-order valence-electron chi connectivity index (χ0n) is 9.31. The summed E-state index contributed by atoms with van der Waals surface area (Å²) in [5.74, 6) is -0.00980. The molecule has 1 aliphatic rings. The van der Waals surface area contributed by atoms with Gasteiger partial charge in [0.15, 0.2) is 5.75 Å². The van der Waals surface area contributed by atoms with Gasteiger partial charge in [0.25, 0.3) is 0 Å². The van der Waals surface area contributed by atoms with Gasteiger partial charge in [0.05, 0.1) is 6.07 Å². The Bertz CT molecular complexity index is 345. The molecule has 1 saturated carbocycles. The van der Waals surface area contributed by atoms with Gasteiger partial charge in [-0.3, -0.25) is 0 Å². The third-order valence-electron chi connectivity index (χ3n) is 3.22. The molecule has 2 atom stereocenters. The van der Waals surface area contributed by atoms with Crippen LogP contribution in [-0.4, -0.2) is 31.6 Å². The van der Waals surface area contributed by atoms with E-state index in [-0.39, 0.29) is 6.04 Å². The van der Waals surface area contributed by atoms with Crippen LogP contribution in [-0.2, 0) is 10.0 Å². The van der Waals surface area contributed by atoms with E-state index in [2.05, 4.69) is 6.92 Å². The van der Waals surface area contributed by atoms with Crippen LogP contribution >= 0.6 is 0 Å². The Hall–Kier alpha value is -0.600. The van der Waals surface area contributed by atoms with Gasteiger partial charge in [-0.25, -0.2) is 12.7 Å². The summed E-state index contributed by atoms with van der Waals surface area (Å²) in [6.45, 7) is 2.09. The van der Waals surface area contributed by atoms with Crippen LogP contribution in [0.5, 0.6) is 0 Å². The molecule has 0 spiro atoms. The number of nitrogens with zero attached hydrogens (tertiary/aromatic N) is 2. The number of rotatable bonds is 3. The van der Waals surface area contributed by atoms with Crippen molar-refractivity contribution in [2.75, 3.05) is 12.8 Å². The first-order valence-electron chi connectivity index (χ1n) is 5.31. The molecule has 0 aromatic carbocycles. The van der Waals surface area contributed by atoms with Crippen molar-refractivity contribution in [3.05, 3.63) is 0 Å². The predicted octanol–water partition coefficient (Wildman–Crippen LogP) is 1.35. The quantitative estimate of drug-likeness (QED) is 0.735. The van der Waals surface area contributed by atoms with Gasteiger partial charge in [0.2, 0.25) is 10.0 Å². The molecule has 0 bridgehead atoms. The highest BCUT2D eigenvalue weighted by atomic mass is 32.2. The van der Waals surface area contributed by atoms with Gasteiger partial charge in [0, 0.05) is 13.1 Å². The minimum absolute atomic E-state index is 0.0806. The molecule has 1 aliphatic carbocycles. The summed E-state index contributed by atoms with van der Waals surface area (Å²) >= 11 is 0. The van der Waals surface area contributed by atoms with Gasteiger partial charge in [0.1, 0.15) is 0 Å². The van der Waals surface area contributed by atoms with Crippen LogP contribution in [0.4, 0.5) is 0 Å². The van der Waals surface area contributed by atoms with E-state index in [1.807, 2.05) is 0 Å². The number of hydrogen-bond donors (Lipinski definition) is 0. The van der Waals surface area contributed by atoms with Crippen LogP contribution in [0.2, 0.25) is 0 Å². The van der Waals surface area contributed by atoms with E-state index in [0.717, 1.165) is 19.3 Å². The second kappa shape index (κ2) is 4.95. The molecule has 0 aromatic heterocycles. The fourth-order valence-corrected chi connectivity index (χ4v) is 3.32. The summed E-state index contributed by atoms with van der Waals surface area (Å²) in [5, 5.41) is 8.46. The lowest BCUT2D eigenvalue weighted by Crippen LogP contribution is -2.43. The molecule has 0 saturated heterocycles. The predicted molar refractivity (Wildman–Crippen MR) is 58.6 cm³/mol. The maximum Gasteiger partial charge on any atom is 0.227 e. The molecule has 2 unspecified atom stereocenters. The summed E-state index contributed by atoms with van der Waals surface area (Å²) in [6.07, 6.45) is 4.27. The average molecular weight is 230 g/mol. The molecular formula is C10H18N2O2S. The molecular weight excluding hydrogens is 212 g/mol. The molecule has 0 aliphatic heterocycles. The largest absolute Gasteiger partial charge is 0.227 e. The van der Waals surface area contributed by atoms with E-state index in [9.17, 15) is 8.42 Å². The SMILES string of the molecule is CC1CCCCC1N(C)S(=O)(=O)CC#N. The number of sulfonamides is 1. The summed E-state index contributed by atoms with van der Waals surface area (Å²) < 4.78 is 24.8. The highest BCUT2D eigenvalue weighted by Gasteiger charge is 2.31. The molecule has 0 amide bonds. The van der Waals surface area contributed by atoms with Crippen LogP contribution in [0.3, 0.4) is 0 Å². The molecule has 5 heteroatoms. The third kappa shape index (κ3) is 2.93. The fourth-order valence-electron chi connectivity index (χ4n) is 2.23. The lowest BCUT2D eigenvalue weighted by atomic mass is 9.86. The maximum absolute atomic E-state index is 11.7. The van der Waals surface area contributed by atoms with Crippen molar-refractivity contribution < 1.29 is 8.42 Å². The van der Waals surface area contributed by atoms with Crippen molar-refractivity contribution in [1.29, 1.82) is 5.26 Å². The normalized spacial score (nSPS) is 27.6. The highest BCUT2D eigenvalue weighted by molar-refractivity contribution is 7.89. The van der Waals surface area contributed by atoms with Gasteiger partial charge in [-0.1, -0.05) is 19.8 Å². The van der Waals surface area contributed by atoms with Crippen molar-refractivity contribution in [2.24, 2.45) is 5.92 Å². The van der Waals surface area contributed by atoms with Crippen LogP contribution < -0.4 is 0 Å². The van der Waals surface area contributed by atoms with Crippen molar-refractivity contribution in [3.8, 4) is 6.07 Å². The maximum atomic E-state index is 11.7. The topological polar surface area (TPSA) is 61.2 Å². The van der Waals surface area contributed by atoms with Crippen molar-refractivity contribution in [3.63, 3.8) is 0 Å². The van der Waals surface area contributed by atoms with Crippen LogP contribution in [0.15, 0.2) is 0 Å². The molecule has 0 aromatic rings. The molecule has 86 valence electrons. The zero-order chi connectivity index (χ0) is 11.5. The lowest BCUT2D eigenvalue weighted by Gasteiger charge is -2.34. The molecule has 4 nitrogen and oxygen atoms in total. The zero-order valence-corrected chi connectivity index (χ0v) is 10.1. The number of nitriles is 1. The monoisotopic (exact) mass is 230 g/mol. The standard InChI is InChI=1S/C10H18N2O2S/c1-9-5-3-4-6-10(9)12(2)15(13,14)8-7-11/h9-10H,3-6,8H2,1-2H3. The first-order valence-corrected chi connectivity index (χ1v) is 6.92. The Morgan fingerprint density at radius 2 is 2.00 bits per heavy atom. The van der Waals surface area contributed by atoms with Crippen molar-refractivity contribution in [1.82, 2.24) is 4.31 Å². The van der Waals surface area contributed by atoms with Crippen molar-refractivity contribution >= 4 is 10.0 Å². The van der Waals surface area contributed by atoms with Crippen LogP contribution in [0.25, 0.3) is 0 Å². The van der Waals surface area contributed by atoms with E-state index in [1.165, 1.54) is 10.7 Å². The highest BCUT2D eigenvalue weighted by Crippen LogP contribution is 2.28. The fraction of sp³-hybridized carbons (Fsp3) is 0.900. The van der Waals surface area contributed by atoms with E-state index in [1.54, 1.807) is 13.1 Å². The minimum Gasteiger partial charge on any atom is -0.211 e. The lowest BCUT2D eigenvalue weighted by molar-refractivity contribution is 0.214. The first kappa shape index (κ1) is 12.5. The Labute approximate surface area is 91.9 Å². The van der Waals surface area contributed by atoms with Gasteiger partial charge < -0.3 is 0 Å². The van der Waals surface area contributed by atoms with Crippen LogP contribution in [0.1, 0.15) is 32.6 Å². The van der Waals surface area contributed by atoms with E-state index in [4.69, 9.17) is 5.26 Å². The summed E-state index contributed by atoms with van der Waals surface area (Å²) in [5.41, 5.74) is 0. The summed E-state index contributed by atoms with van der Waals surface area (Å²) in [7, 11) is -1.77. The third-order valence-corrected chi connectivity index (χ3v) is 4.86. The second-order valence-electron chi connectivity index (χ2n) is 4.26.